The fourth-order valence-corrected chi connectivity index (χ4v) is 2.80. The zero-order valence-corrected chi connectivity index (χ0v) is 11.1. The Morgan fingerprint density at radius 2 is 2.16 bits per heavy atom. The molecule has 0 aliphatic heterocycles. The van der Waals surface area contributed by atoms with Gasteiger partial charge in [-0.3, -0.25) is 0 Å². The number of anilines is 1. The van der Waals surface area contributed by atoms with Crippen LogP contribution >= 0.6 is 0 Å². The number of fused-ring (bicyclic) bond motifs is 3. The van der Waals surface area contributed by atoms with Crippen LogP contribution in [0.3, 0.4) is 0 Å². The molecule has 3 heteroatoms. The second-order valence-corrected chi connectivity index (χ2v) is 4.95. The second kappa shape index (κ2) is 4.40. The first-order valence-corrected chi connectivity index (χ1v) is 6.45. The lowest BCUT2D eigenvalue weighted by molar-refractivity contribution is 0.744. The minimum Gasteiger partial charge on any atom is -0.372 e. The highest BCUT2D eigenvalue weighted by atomic mass is 15.0. The molecule has 0 saturated heterocycles. The van der Waals surface area contributed by atoms with Crippen molar-refractivity contribution in [3.05, 3.63) is 47.0 Å². The van der Waals surface area contributed by atoms with Crippen molar-refractivity contribution in [3.8, 4) is 17.3 Å². The predicted molar refractivity (Wildman–Crippen MR) is 76.1 cm³/mol. The Kier molecular flexibility index (Phi) is 2.72. The van der Waals surface area contributed by atoms with E-state index in [2.05, 4.69) is 41.5 Å². The van der Waals surface area contributed by atoms with Gasteiger partial charge in [-0.25, -0.2) is 4.98 Å². The summed E-state index contributed by atoms with van der Waals surface area (Å²) in [7, 11) is 1.80. The maximum Gasteiger partial charge on any atom is 0.144 e. The van der Waals surface area contributed by atoms with E-state index in [1.165, 1.54) is 16.7 Å². The van der Waals surface area contributed by atoms with Crippen LogP contribution in [0.1, 0.15) is 29.5 Å². The Hall–Kier alpha value is -2.34. The van der Waals surface area contributed by atoms with Gasteiger partial charge in [0.1, 0.15) is 11.9 Å². The first kappa shape index (κ1) is 11.7. The standard InChI is InChI=1S/C16H15N3/c1-10-7-11-8-12(9-17)16(18-2)19-15(11)14-6-4-3-5-13(10)14/h3-6,8,10H,7H2,1-2H3,(H,18,19). The highest BCUT2D eigenvalue weighted by Gasteiger charge is 2.23. The molecule has 3 rings (SSSR count). The number of nitrogens with one attached hydrogen (secondary N) is 1. The lowest BCUT2D eigenvalue weighted by atomic mass is 9.81. The SMILES string of the molecule is CNc1nc2c(cc1C#N)CC(C)c1ccccc1-2. The average Bonchev–Trinajstić information content (AvgIpc) is 2.46. The van der Waals surface area contributed by atoms with Crippen LogP contribution in [0.25, 0.3) is 11.3 Å². The van der Waals surface area contributed by atoms with Crippen LogP contribution in [0.5, 0.6) is 0 Å². The van der Waals surface area contributed by atoms with Gasteiger partial charge in [-0.15, -0.1) is 0 Å². The summed E-state index contributed by atoms with van der Waals surface area (Å²) >= 11 is 0. The summed E-state index contributed by atoms with van der Waals surface area (Å²) in [6, 6.07) is 12.6. The molecule has 0 spiro atoms. The maximum absolute atomic E-state index is 9.18. The van der Waals surface area contributed by atoms with E-state index in [4.69, 9.17) is 0 Å². The molecule has 1 aromatic carbocycles. The summed E-state index contributed by atoms with van der Waals surface area (Å²) in [4.78, 5) is 4.64. The van der Waals surface area contributed by atoms with E-state index in [1.54, 1.807) is 7.05 Å². The van der Waals surface area contributed by atoms with Gasteiger partial charge in [0, 0.05) is 12.6 Å². The van der Waals surface area contributed by atoms with Crippen molar-refractivity contribution in [3.63, 3.8) is 0 Å². The fraction of sp³-hybridized carbons (Fsp3) is 0.250. The smallest absolute Gasteiger partial charge is 0.144 e. The van der Waals surface area contributed by atoms with Gasteiger partial charge in [0.15, 0.2) is 0 Å². The second-order valence-electron chi connectivity index (χ2n) is 4.95. The molecular weight excluding hydrogens is 234 g/mol. The highest BCUT2D eigenvalue weighted by Crippen LogP contribution is 2.39. The molecule has 19 heavy (non-hydrogen) atoms. The molecule has 1 aliphatic rings. The molecule has 0 radical (unpaired) electrons. The minimum absolute atomic E-state index is 0.470. The van der Waals surface area contributed by atoms with Crippen LogP contribution in [0.4, 0.5) is 5.82 Å². The highest BCUT2D eigenvalue weighted by molar-refractivity contribution is 5.74. The van der Waals surface area contributed by atoms with Gasteiger partial charge in [0.25, 0.3) is 0 Å². The van der Waals surface area contributed by atoms with Crippen molar-refractivity contribution in [2.24, 2.45) is 0 Å². The van der Waals surface area contributed by atoms with E-state index in [0.29, 0.717) is 17.3 Å². The number of pyridine rings is 1. The van der Waals surface area contributed by atoms with Crippen molar-refractivity contribution in [2.45, 2.75) is 19.3 Å². The van der Waals surface area contributed by atoms with Crippen molar-refractivity contribution >= 4 is 5.82 Å². The molecule has 1 atom stereocenters. The third kappa shape index (κ3) is 1.77. The van der Waals surface area contributed by atoms with Gasteiger partial charge in [0.05, 0.1) is 11.3 Å². The molecular formula is C16H15N3. The molecule has 94 valence electrons. The van der Waals surface area contributed by atoms with E-state index in [0.717, 1.165) is 12.1 Å². The monoisotopic (exact) mass is 249 g/mol. The van der Waals surface area contributed by atoms with Gasteiger partial charge in [-0.05, 0) is 29.5 Å². The molecule has 0 bridgehead atoms. The first-order valence-electron chi connectivity index (χ1n) is 6.45. The van der Waals surface area contributed by atoms with Crippen LogP contribution in [0, 0.1) is 11.3 Å². The van der Waals surface area contributed by atoms with E-state index in [-0.39, 0.29) is 0 Å². The van der Waals surface area contributed by atoms with E-state index in [9.17, 15) is 5.26 Å². The van der Waals surface area contributed by atoms with Crippen LogP contribution in [-0.2, 0) is 6.42 Å². The molecule has 1 N–H and O–H groups in total. The van der Waals surface area contributed by atoms with Crippen LogP contribution < -0.4 is 5.32 Å². The summed E-state index contributed by atoms with van der Waals surface area (Å²) in [5.74, 6) is 1.13. The van der Waals surface area contributed by atoms with Gasteiger partial charge in [0.2, 0.25) is 0 Å². The Bertz CT molecular complexity index is 683. The molecule has 0 saturated carbocycles. The summed E-state index contributed by atoms with van der Waals surface area (Å²) in [6.07, 6.45) is 0.942. The number of aromatic nitrogens is 1. The topological polar surface area (TPSA) is 48.7 Å². The molecule has 1 heterocycles. The lowest BCUT2D eigenvalue weighted by Gasteiger charge is -2.25. The fourth-order valence-electron chi connectivity index (χ4n) is 2.80. The molecule has 3 nitrogen and oxygen atoms in total. The van der Waals surface area contributed by atoms with Gasteiger partial charge in [-0.2, -0.15) is 5.26 Å². The van der Waals surface area contributed by atoms with Gasteiger partial charge >= 0.3 is 0 Å². The number of rotatable bonds is 1. The zero-order valence-electron chi connectivity index (χ0n) is 11.1. The van der Waals surface area contributed by atoms with E-state index in [1.807, 2.05) is 12.1 Å². The normalized spacial score (nSPS) is 16.2. The molecule has 1 aromatic heterocycles. The zero-order chi connectivity index (χ0) is 13.4. The van der Waals surface area contributed by atoms with Crippen LogP contribution in [0.2, 0.25) is 0 Å². The van der Waals surface area contributed by atoms with Crippen molar-refractivity contribution in [1.82, 2.24) is 4.98 Å². The predicted octanol–water partition coefficient (Wildman–Crippen LogP) is 3.32. The summed E-state index contributed by atoms with van der Waals surface area (Å²) in [5.41, 5.74) is 5.33. The Labute approximate surface area is 112 Å². The average molecular weight is 249 g/mol. The van der Waals surface area contributed by atoms with Crippen LogP contribution in [-0.4, -0.2) is 12.0 Å². The summed E-state index contributed by atoms with van der Waals surface area (Å²) in [5, 5.41) is 12.2. The number of benzene rings is 1. The van der Waals surface area contributed by atoms with Gasteiger partial charge < -0.3 is 5.32 Å². The van der Waals surface area contributed by atoms with Crippen molar-refractivity contribution in [2.75, 3.05) is 12.4 Å². The number of nitriles is 1. The number of nitrogens with zero attached hydrogens (tertiary/aromatic N) is 2. The van der Waals surface area contributed by atoms with E-state index < -0.39 is 0 Å². The summed E-state index contributed by atoms with van der Waals surface area (Å²) in [6.45, 7) is 2.22. The molecule has 2 aromatic rings. The quantitative estimate of drug-likeness (QED) is 0.843. The van der Waals surface area contributed by atoms with Crippen molar-refractivity contribution in [1.29, 1.82) is 5.26 Å². The molecule has 0 fully saturated rings. The third-order valence-electron chi connectivity index (χ3n) is 3.73. The number of hydrogen-bond donors (Lipinski definition) is 1. The maximum atomic E-state index is 9.18. The largest absolute Gasteiger partial charge is 0.372 e. The Morgan fingerprint density at radius 3 is 2.89 bits per heavy atom. The summed E-state index contributed by atoms with van der Waals surface area (Å²) < 4.78 is 0. The first-order chi connectivity index (χ1) is 9.24. The van der Waals surface area contributed by atoms with Gasteiger partial charge in [-0.1, -0.05) is 31.2 Å². The lowest BCUT2D eigenvalue weighted by Crippen LogP contribution is -2.11. The number of hydrogen-bond acceptors (Lipinski definition) is 3. The Morgan fingerprint density at radius 1 is 1.37 bits per heavy atom. The Balaban J connectivity index is 2.27. The molecule has 1 unspecified atom stereocenters. The van der Waals surface area contributed by atoms with Crippen molar-refractivity contribution < 1.29 is 0 Å². The minimum atomic E-state index is 0.470. The van der Waals surface area contributed by atoms with Crippen LogP contribution in [0.15, 0.2) is 30.3 Å². The third-order valence-corrected chi connectivity index (χ3v) is 3.73. The molecule has 1 aliphatic carbocycles. The molecule has 0 amide bonds. The van der Waals surface area contributed by atoms with E-state index >= 15 is 0 Å².